The molecule has 0 aliphatic heterocycles. The largest absolute Gasteiger partial charge is 1.00 e. The van der Waals surface area contributed by atoms with Gasteiger partial charge in [-0.25, -0.2) is 0 Å². The molecule has 0 fully saturated rings. The number of aliphatic hydroxyl groups excluding tert-OH is 1. The van der Waals surface area contributed by atoms with Gasteiger partial charge in [0.15, 0.2) is 0 Å². The number of hydrogen-bond acceptors (Lipinski definition) is 5. The molecular weight excluding hydrogens is 375 g/mol. The molecule has 7 nitrogen and oxygen atoms in total. The number of carbonyl (C=O) groups excluding carboxylic acids is 1. The summed E-state index contributed by atoms with van der Waals surface area (Å²) in [6.07, 6.45) is 1.49. The number of aromatic nitrogens is 1. The number of nitrogens with one attached hydrogen (secondary N) is 1. The van der Waals surface area contributed by atoms with Gasteiger partial charge >= 0.3 is 57.4 Å². The van der Waals surface area contributed by atoms with Gasteiger partial charge in [-0.05, 0) is 29.7 Å². The van der Waals surface area contributed by atoms with Gasteiger partial charge in [-0.2, -0.15) is 0 Å². The number of aliphatic hydroxyl groups is 1. The monoisotopic (exact) mass is 392 g/mol. The first kappa shape index (κ1) is 21.5. The Kier molecular flexibility index (Phi) is 7.90. The number of nitrogens with zero attached hydrogens (tertiary/aromatic N) is 1. The smallest absolute Gasteiger partial charge is 1.00 e. The molecule has 1 heterocycles. The Balaban J connectivity index is 0.00000196. The summed E-state index contributed by atoms with van der Waals surface area (Å²) in [6, 6.07) is 14.5. The average Bonchev–Trinajstić information content (AvgIpc) is 2.65. The number of carbonyl (C=O) groups is 2. The summed E-state index contributed by atoms with van der Waals surface area (Å²) >= 11 is 0. The van der Waals surface area contributed by atoms with Crippen LogP contribution in [0.1, 0.15) is 17.5 Å². The number of para-hydroxylation sites is 1. The molecule has 1 amide bonds. The molecule has 1 aromatic heterocycles. The van der Waals surface area contributed by atoms with E-state index in [9.17, 15) is 14.7 Å². The van der Waals surface area contributed by atoms with E-state index in [-0.39, 0.29) is 58.5 Å². The van der Waals surface area contributed by atoms with Gasteiger partial charge in [-0.15, -0.1) is 0 Å². The number of carboxylic acid groups (broad SMARTS) is 1. The number of carboxylic acids is 1. The summed E-state index contributed by atoms with van der Waals surface area (Å²) in [7, 11) is 0. The topological polar surface area (TPSA) is 109 Å². The molecule has 0 spiro atoms. The molecule has 3 aromatic rings. The van der Waals surface area contributed by atoms with Gasteiger partial charge in [-0.3, -0.25) is 14.6 Å². The van der Waals surface area contributed by atoms with Crippen LogP contribution in [-0.2, 0) is 11.4 Å². The Morgan fingerprint density at radius 2 is 1.85 bits per heavy atom. The molecule has 3 N–H and O–H groups in total. The summed E-state index contributed by atoms with van der Waals surface area (Å²) in [6.45, 7) is -0.924. The van der Waals surface area contributed by atoms with Crippen molar-refractivity contribution in [2.24, 2.45) is 0 Å². The maximum atomic E-state index is 12.1. The third-order valence-corrected chi connectivity index (χ3v) is 3.72. The first-order valence-electron chi connectivity index (χ1n) is 7.84. The van der Waals surface area contributed by atoms with Crippen LogP contribution in [0.15, 0.2) is 54.7 Å². The number of benzene rings is 2. The van der Waals surface area contributed by atoms with E-state index in [1.807, 2.05) is 30.3 Å². The Morgan fingerprint density at radius 1 is 1.11 bits per heavy atom. The number of amides is 1. The zero-order chi connectivity index (χ0) is 18.5. The van der Waals surface area contributed by atoms with Crippen LogP contribution in [0, 0.1) is 0 Å². The van der Waals surface area contributed by atoms with E-state index < -0.39 is 25.0 Å². The van der Waals surface area contributed by atoms with Crippen molar-refractivity contribution in [3.8, 4) is 11.5 Å². The molecule has 0 atom stereocenters. The minimum absolute atomic E-state index is 0. The van der Waals surface area contributed by atoms with Gasteiger partial charge in [-0.1, -0.05) is 24.3 Å². The van der Waals surface area contributed by atoms with E-state index >= 15 is 0 Å². The SMILES string of the molecule is O=C(O)CNC(=O)c1ncc2cc(Oc3ccccc3)ccc2c1CO.[H-].[K+]. The van der Waals surface area contributed by atoms with E-state index in [4.69, 9.17) is 9.84 Å². The molecule has 0 saturated heterocycles. The number of hydrogen-bond donors (Lipinski definition) is 3. The van der Waals surface area contributed by atoms with Crippen LogP contribution in [0.3, 0.4) is 0 Å². The molecular formula is C19H17KN2O5. The molecule has 134 valence electrons. The second-order valence-electron chi connectivity index (χ2n) is 5.48. The van der Waals surface area contributed by atoms with Crippen LogP contribution in [0.2, 0.25) is 0 Å². The minimum Gasteiger partial charge on any atom is -1.00 e. The van der Waals surface area contributed by atoms with Crippen LogP contribution in [0.25, 0.3) is 10.8 Å². The number of fused-ring (bicyclic) bond motifs is 1. The molecule has 3 rings (SSSR count). The Labute approximate surface area is 199 Å². The van der Waals surface area contributed by atoms with Crippen LogP contribution in [0.4, 0.5) is 0 Å². The second-order valence-corrected chi connectivity index (χ2v) is 5.48. The van der Waals surface area contributed by atoms with Gasteiger partial charge in [0.1, 0.15) is 23.7 Å². The van der Waals surface area contributed by atoms with Crippen LogP contribution in [0.5, 0.6) is 11.5 Å². The van der Waals surface area contributed by atoms with Crippen molar-refractivity contribution in [1.82, 2.24) is 10.3 Å². The predicted octanol–water partition coefficient (Wildman–Crippen LogP) is -0.550. The summed E-state index contributed by atoms with van der Waals surface area (Å²) < 4.78 is 5.77. The normalized spacial score (nSPS) is 10.1. The van der Waals surface area contributed by atoms with Crippen molar-refractivity contribution < 1.29 is 77.4 Å². The molecule has 0 aliphatic carbocycles. The van der Waals surface area contributed by atoms with Gasteiger partial charge in [0, 0.05) is 17.1 Å². The van der Waals surface area contributed by atoms with E-state index in [1.54, 1.807) is 18.2 Å². The number of rotatable bonds is 6. The van der Waals surface area contributed by atoms with Gasteiger partial charge in [0.25, 0.3) is 5.91 Å². The second kappa shape index (κ2) is 9.93. The quantitative estimate of drug-likeness (QED) is 0.486. The minimum atomic E-state index is -1.16. The van der Waals surface area contributed by atoms with Crippen molar-refractivity contribution in [1.29, 1.82) is 0 Å². The fraction of sp³-hybridized carbons (Fsp3) is 0.105. The first-order valence-corrected chi connectivity index (χ1v) is 7.84. The molecule has 0 aliphatic rings. The molecule has 0 bridgehead atoms. The number of aliphatic carboxylic acids is 1. The predicted molar refractivity (Wildman–Crippen MR) is 95.3 cm³/mol. The maximum absolute atomic E-state index is 12.1. The van der Waals surface area contributed by atoms with Gasteiger partial charge in [0.2, 0.25) is 0 Å². The summed E-state index contributed by atoms with van der Waals surface area (Å²) in [4.78, 5) is 26.8. The third kappa shape index (κ3) is 5.35. The van der Waals surface area contributed by atoms with Crippen molar-refractivity contribution in [3.63, 3.8) is 0 Å². The van der Waals surface area contributed by atoms with E-state index in [1.165, 1.54) is 6.20 Å². The molecule has 2 aromatic carbocycles. The van der Waals surface area contributed by atoms with Crippen molar-refractivity contribution in [2.75, 3.05) is 6.54 Å². The van der Waals surface area contributed by atoms with Crippen molar-refractivity contribution >= 4 is 22.6 Å². The Hall–Kier alpha value is -1.81. The number of ether oxygens (including phenoxy) is 1. The number of pyridine rings is 1. The standard InChI is InChI=1S/C19H16N2O5.K.H/c22-11-16-15-7-6-14(26-13-4-2-1-3-5-13)8-12(15)9-20-18(16)19(25)21-10-17(23)24;;/h1-9,22H,10-11H2,(H,21,25)(H,23,24);;/q;+1;-1. The van der Waals surface area contributed by atoms with Gasteiger partial charge < -0.3 is 21.7 Å². The molecule has 0 saturated carbocycles. The van der Waals surface area contributed by atoms with E-state index in [0.717, 1.165) is 0 Å². The molecule has 27 heavy (non-hydrogen) atoms. The van der Waals surface area contributed by atoms with Crippen LogP contribution >= 0.6 is 0 Å². The van der Waals surface area contributed by atoms with E-state index in [2.05, 4.69) is 10.3 Å². The van der Waals surface area contributed by atoms with E-state index in [0.29, 0.717) is 27.8 Å². The summed E-state index contributed by atoms with van der Waals surface area (Å²) in [5.74, 6) is -0.528. The molecule has 8 heteroatoms. The fourth-order valence-corrected chi connectivity index (χ4v) is 2.55. The summed E-state index contributed by atoms with van der Waals surface area (Å²) in [5.41, 5.74) is 0.328. The van der Waals surface area contributed by atoms with Gasteiger partial charge in [0.05, 0.1) is 6.61 Å². The fourth-order valence-electron chi connectivity index (χ4n) is 2.55. The molecule has 0 radical (unpaired) electrons. The Morgan fingerprint density at radius 3 is 2.52 bits per heavy atom. The molecule has 0 unspecified atom stereocenters. The zero-order valence-electron chi connectivity index (χ0n) is 15.7. The van der Waals surface area contributed by atoms with Crippen molar-refractivity contribution in [3.05, 3.63) is 66.0 Å². The zero-order valence-corrected chi connectivity index (χ0v) is 17.8. The average molecular weight is 392 g/mol. The van der Waals surface area contributed by atoms with Crippen molar-refractivity contribution in [2.45, 2.75) is 6.61 Å². The van der Waals surface area contributed by atoms with Crippen LogP contribution in [-0.4, -0.2) is 33.6 Å². The summed E-state index contributed by atoms with van der Waals surface area (Å²) in [5, 5.41) is 21.9. The third-order valence-electron chi connectivity index (χ3n) is 3.72. The maximum Gasteiger partial charge on any atom is 1.00 e. The van der Waals surface area contributed by atoms with Crippen LogP contribution < -0.4 is 61.4 Å². The Bertz CT molecular complexity index is 969. The first-order chi connectivity index (χ1) is 12.6.